The first-order chi connectivity index (χ1) is 5.26. The standard InChI is InChI=1S/C6H14N2OS2/c1-7-6(9)5(8-10)3-4-11-2/h5,8,10H,3-4H2,1-2H3,(H,7,9)/t5-/m0/s1. The Labute approximate surface area is 77.2 Å². The zero-order valence-electron chi connectivity index (χ0n) is 6.76. The molecule has 2 N–H and O–H groups in total. The third-order valence-corrected chi connectivity index (χ3v) is 2.29. The van der Waals surface area contributed by atoms with Crippen LogP contribution in [0.2, 0.25) is 0 Å². The Bertz CT molecular complexity index is 121. The second kappa shape index (κ2) is 6.82. The van der Waals surface area contributed by atoms with Gasteiger partial charge in [-0.05, 0) is 18.4 Å². The van der Waals surface area contributed by atoms with E-state index in [9.17, 15) is 4.79 Å². The summed E-state index contributed by atoms with van der Waals surface area (Å²) in [7, 11) is 1.62. The Morgan fingerprint density at radius 2 is 2.36 bits per heavy atom. The summed E-state index contributed by atoms with van der Waals surface area (Å²) in [6.07, 6.45) is 2.82. The Morgan fingerprint density at radius 1 is 1.73 bits per heavy atom. The minimum Gasteiger partial charge on any atom is -0.358 e. The molecule has 5 heteroatoms. The second-order valence-corrected chi connectivity index (χ2v) is 3.32. The minimum atomic E-state index is -0.171. The van der Waals surface area contributed by atoms with Crippen molar-refractivity contribution in [2.75, 3.05) is 19.1 Å². The van der Waals surface area contributed by atoms with E-state index >= 15 is 0 Å². The van der Waals surface area contributed by atoms with E-state index in [0.717, 1.165) is 12.2 Å². The molecule has 0 radical (unpaired) electrons. The zero-order chi connectivity index (χ0) is 8.69. The van der Waals surface area contributed by atoms with Crippen LogP contribution in [-0.2, 0) is 4.79 Å². The molecule has 0 aliphatic rings. The molecule has 11 heavy (non-hydrogen) atoms. The van der Waals surface area contributed by atoms with Gasteiger partial charge in [0.15, 0.2) is 0 Å². The van der Waals surface area contributed by atoms with E-state index in [0.29, 0.717) is 0 Å². The largest absolute Gasteiger partial charge is 0.358 e. The van der Waals surface area contributed by atoms with Gasteiger partial charge in [-0.15, -0.1) is 0 Å². The molecule has 0 aromatic heterocycles. The summed E-state index contributed by atoms with van der Waals surface area (Å²) >= 11 is 5.58. The summed E-state index contributed by atoms with van der Waals surface area (Å²) in [5.41, 5.74) is 0. The van der Waals surface area contributed by atoms with Crippen molar-refractivity contribution in [1.82, 2.24) is 10.0 Å². The maximum Gasteiger partial charge on any atom is 0.237 e. The molecule has 0 unspecified atom stereocenters. The van der Waals surface area contributed by atoms with Gasteiger partial charge in [-0.25, -0.2) is 0 Å². The fourth-order valence-electron chi connectivity index (χ4n) is 0.664. The maximum atomic E-state index is 11.0. The number of thiol groups is 1. The molecule has 0 aromatic rings. The normalized spacial score (nSPS) is 12.6. The third-order valence-electron chi connectivity index (χ3n) is 1.33. The topological polar surface area (TPSA) is 41.1 Å². The molecule has 1 atom stereocenters. The number of carbonyl (C=O) groups is 1. The van der Waals surface area contributed by atoms with Crippen molar-refractivity contribution < 1.29 is 4.79 Å². The fraction of sp³-hybridized carbons (Fsp3) is 0.833. The molecule has 0 aliphatic heterocycles. The first-order valence-corrected chi connectivity index (χ1v) is 5.20. The van der Waals surface area contributed by atoms with Gasteiger partial charge in [-0.1, -0.05) is 12.8 Å². The molecule has 0 rings (SSSR count). The van der Waals surface area contributed by atoms with Crippen molar-refractivity contribution in [3.63, 3.8) is 0 Å². The lowest BCUT2D eigenvalue weighted by atomic mass is 10.2. The highest BCUT2D eigenvalue weighted by molar-refractivity contribution is 7.98. The molecule has 66 valence electrons. The number of rotatable bonds is 5. The van der Waals surface area contributed by atoms with Gasteiger partial charge in [0.2, 0.25) is 5.91 Å². The van der Waals surface area contributed by atoms with Gasteiger partial charge in [0.1, 0.15) is 0 Å². The lowest BCUT2D eigenvalue weighted by Crippen LogP contribution is -2.39. The highest BCUT2D eigenvalue weighted by atomic mass is 32.2. The van der Waals surface area contributed by atoms with Crippen molar-refractivity contribution in [1.29, 1.82) is 0 Å². The summed E-state index contributed by atoms with van der Waals surface area (Å²) in [4.78, 5) is 11.0. The smallest absolute Gasteiger partial charge is 0.237 e. The summed E-state index contributed by atoms with van der Waals surface area (Å²) in [6, 6.07) is -0.171. The lowest BCUT2D eigenvalue weighted by molar-refractivity contribution is -0.122. The van der Waals surface area contributed by atoms with Crippen molar-refractivity contribution in [3.8, 4) is 0 Å². The van der Waals surface area contributed by atoms with E-state index in [4.69, 9.17) is 0 Å². The fourth-order valence-corrected chi connectivity index (χ4v) is 1.38. The predicted molar refractivity (Wildman–Crippen MR) is 53.0 cm³/mol. The summed E-state index contributed by atoms with van der Waals surface area (Å²) < 4.78 is 2.66. The van der Waals surface area contributed by atoms with Gasteiger partial charge in [0.25, 0.3) is 0 Å². The minimum absolute atomic E-state index is 0.00551. The van der Waals surface area contributed by atoms with Crippen LogP contribution in [0.5, 0.6) is 0 Å². The molecule has 0 saturated carbocycles. The molecule has 0 heterocycles. The van der Waals surface area contributed by atoms with E-state index < -0.39 is 0 Å². The summed E-state index contributed by atoms with van der Waals surface area (Å²) in [6.45, 7) is 0. The van der Waals surface area contributed by atoms with E-state index in [1.807, 2.05) is 6.26 Å². The van der Waals surface area contributed by atoms with Gasteiger partial charge in [-0.2, -0.15) is 11.8 Å². The van der Waals surface area contributed by atoms with E-state index in [1.165, 1.54) is 0 Å². The molecule has 0 fully saturated rings. The number of hydrogen-bond donors (Lipinski definition) is 3. The van der Waals surface area contributed by atoms with Gasteiger partial charge in [0.05, 0.1) is 6.04 Å². The Kier molecular flexibility index (Phi) is 6.90. The highest BCUT2D eigenvalue weighted by Gasteiger charge is 2.13. The van der Waals surface area contributed by atoms with Crippen molar-refractivity contribution in [2.45, 2.75) is 12.5 Å². The third kappa shape index (κ3) is 4.55. The maximum absolute atomic E-state index is 11.0. The average Bonchev–Trinajstić information content (AvgIpc) is 2.05. The van der Waals surface area contributed by atoms with Crippen LogP contribution in [-0.4, -0.2) is 31.0 Å². The number of likely N-dealkylation sites (N-methyl/N-ethyl adjacent to an activating group) is 1. The second-order valence-electron chi connectivity index (χ2n) is 2.08. The molecule has 3 nitrogen and oxygen atoms in total. The molecule has 0 bridgehead atoms. The van der Waals surface area contributed by atoms with Crippen molar-refractivity contribution in [2.24, 2.45) is 0 Å². The van der Waals surface area contributed by atoms with Gasteiger partial charge >= 0.3 is 0 Å². The Hall–Kier alpha value is 0.130. The van der Waals surface area contributed by atoms with Crippen LogP contribution in [0.15, 0.2) is 0 Å². The molecular weight excluding hydrogens is 180 g/mol. The van der Waals surface area contributed by atoms with Crippen LogP contribution in [0.1, 0.15) is 6.42 Å². The first-order valence-electron chi connectivity index (χ1n) is 3.36. The van der Waals surface area contributed by atoms with Crippen molar-refractivity contribution in [3.05, 3.63) is 0 Å². The zero-order valence-corrected chi connectivity index (χ0v) is 8.47. The number of thioether (sulfide) groups is 1. The van der Waals surface area contributed by atoms with Gasteiger partial charge < -0.3 is 5.32 Å². The number of nitrogens with one attached hydrogen (secondary N) is 2. The van der Waals surface area contributed by atoms with Crippen LogP contribution in [0.4, 0.5) is 0 Å². The first kappa shape index (κ1) is 11.1. The molecular formula is C6H14N2OS2. The molecule has 0 aromatic carbocycles. The van der Waals surface area contributed by atoms with E-state index in [-0.39, 0.29) is 11.9 Å². The van der Waals surface area contributed by atoms with E-state index in [2.05, 4.69) is 22.9 Å². The highest BCUT2D eigenvalue weighted by Crippen LogP contribution is 2.00. The quantitative estimate of drug-likeness (QED) is 0.551. The van der Waals surface area contributed by atoms with Crippen LogP contribution in [0.3, 0.4) is 0 Å². The van der Waals surface area contributed by atoms with Gasteiger partial charge in [-0.3, -0.25) is 9.52 Å². The number of carbonyl (C=O) groups excluding carboxylic acids is 1. The molecule has 1 amide bonds. The number of amides is 1. The number of hydrogen-bond acceptors (Lipinski definition) is 4. The summed E-state index contributed by atoms with van der Waals surface area (Å²) in [5, 5.41) is 2.57. The van der Waals surface area contributed by atoms with E-state index in [1.54, 1.807) is 18.8 Å². The predicted octanol–water partition coefficient (Wildman–Crippen LogP) is 0.288. The SMILES string of the molecule is CNC(=O)[C@H](CCSC)NS. The van der Waals surface area contributed by atoms with Crippen molar-refractivity contribution >= 4 is 30.5 Å². The average molecular weight is 194 g/mol. The van der Waals surface area contributed by atoms with Crippen LogP contribution in [0.25, 0.3) is 0 Å². The molecule has 0 spiro atoms. The Balaban J connectivity index is 3.65. The Morgan fingerprint density at radius 3 is 2.73 bits per heavy atom. The monoisotopic (exact) mass is 194 g/mol. The summed E-state index contributed by atoms with van der Waals surface area (Å²) in [5.74, 6) is 0.958. The molecule has 0 saturated heterocycles. The lowest BCUT2D eigenvalue weighted by Gasteiger charge is -2.12. The van der Waals surface area contributed by atoms with Gasteiger partial charge in [0, 0.05) is 7.05 Å². The van der Waals surface area contributed by atoms with Crippen LogP contribution >= 0.6 is 24.6 Å². The molecule has 0 aliphatic carbocycles. The van der Waals surface area contributed by atoms with Crippen LogP contribution in [0, 0.1) is 0 Å². The van der Waals surface area contributed by atoms with Crippen LogP contribution < -0.4 is 10.0 Å².